The van der Waals surface area contributed by atoms with Crippen molar-refractivity contribution in [3.8, 4) is 5.75 Å². The van der Waals surface area contributed by atoms with Gasteiger partial charge in [0.25, 0.3) is 5.91 Å². The summed E-state index contributed by atoms with van der Waals surface area (Å²) in [7, 11) is 1.34. The van der Waals surface area contributed by atoms with Crippen LogP contribution in [0.15, 0.2) is 18.2 Å². The molecule has 0 radical (unpaired) electrons. The van der Waals surface area contributed by atoms with Crippen molar-refractivity contribution in [1.82, 2.24) is 5.32 Å². The minimum absolute atomic E-state index is 0. The van der Waals surface area contributed by atoms with Gasteiger partial charge in [0, 0.05) is 18.2 Å². The lowest BCUT2D eigenvalue weighted by Crippen LogP contribution is -2.55. The second-order valence-electron chi connectivity index (χ2n) is 5.37. The van der Waals surface area contributed by atoms with Crippen molar-refractivity contribution in [2.45, 2.75) is 26.3 Å². The van der Waals surface area contributed by atoms with Gasteiger partial charge in [-0.2, -0.15) is 0 Å². The fourth-order valence-electron chi connectivity index (χ4n) is 1.74. The minimum atomic E-state index is -0.583. The van der Waals surface area contributed by atoms with E-state index in [9.17, 15) is 14.9 Å². The van der Waals surface area contributed by atoms with Gasteiger partial charge >= 0.3 is 5.69 Å². The third kappa shape index (κ3) is 4.32. The minimum Gasteiger partial charge on any atom is -0.490 e. The molecular weight excluding hydrogens is 310 g/mol. The number of halogens is 1. The monoisotopic (exact) mass is 331 g/mol. The molecule has 0 saturated carbocycles. The number of nitro groups is 1. The number of nitrogens with zero attached hydrogens (tertiary/aromatic N) is 1. The summed E-state index contributed by atoms with van der Waals surface area (Å²) in [5, 5.41) is 13.8. The van der Waals surface area contributed by atoms with Gasteiger partial charge in [0.05, 0.1) is 17.6 Å². The standard InChI is InChI=1S/C14H21N3O4.ClH/c1-9(2)14(3,8-15)16-13(18)10-5-6-12(21-4)11(7-10)17(19)20;/h5-7,9H,8,15H2,1-4H3,(H,16,18);1H. The number of rotatable bonds is 6. The SMILES string of the molecule is COc1ccc(C(=O)NC(C)(CN)C(C)C)cc1[N+](=O)[O-].Cl. The molecule has 1 rings (SSSR count). The van der Waals surface area contributed by atoms with Crippen LogP contribution >= 0.6 is 12.4 Å². The van der Waals surface area contributed by atoms with Gasteiger partial charge in [-0.3, -0.25) is 14.9 Å². The van der Waals surface area contributed by atoms with E-state index >= 15 is 0 Å². The van der Waals surface area contributed by atoms with Crippen LogP contribution in [0.1, 0.15) is 31.1 Å². The van der Waals surface area contributed by atoms with Crippen LogP contribution in [0.25, 0.3) is 0 Å². The van der Waals surface area contributed by atoms with E-state index in [-0.39, 0.29) is 41.9 Å². The molecule has 8 heteroatoms. The Kier molecular flexibility index (Phi) is 7.28. The van der Waals surface area contributed by atoms with Crippen molar-refractivity contribution >= 4 is 24.0 Å². The highest BCUT2D eigenvalue weighted by atomic mass is 35.5. The van der Waals surface area contributed by atoms with Crippen LogP contribution in [0.4, 0.5) is 5.69 Å². The van der Waals surface area contributed by atoms with Crippen molar-refractivity contribution in [3.63, 3.8) is 0 Å². The van der Waals surface area contributed by atoms with Gasteiger partial charge in [0.1, 0.15) is 0 Å². The maximum absolute atomic E-state index is 12.3. The third-order valence-electron chi connectivity index (χ3n) is 3.74. The molecule has 0 aromatic heterocycles. The Labute approximate surface area is 135 Å². The van der Waals surface area contributed by atoms with Crippen molar-refractivity contribution in [1.29, 1.82) is 0 Å². The molecule has 0 saturated heterocycles. The molecule has 1 atom stereocenters. The van der Waals surface area contributed by atoms with Crippen LogP contribution in [0.5, 0.6) is 5.75 Å². The van der Waals surface area contributed by atoms with Crippen LogP contribution < -0.4 is 15.8 Å². The first-order valence-corrected chi connectivity index (χ1v) is 6.60. The van der Waals surface area contributed by atoms with E-state index in [2.05, 4.69) is 5.32 Å². The van der Waals surface area contributed by atoms with Gasteiger partial charge in [-0.15, -0.1) is 12.4 Å². The summed E-state index contributed by atoms with van der Waals surface area (Å²) >= 11 is 0. The molecule has 0 heterocycles. The van der Waals surface area contributed by atoms with Crippen molar-refractivity contribution in [2.24, 2.45) is 11.7 Å². The molecule has 3 N–H and O–H groups in total. The number of carbonyl (C=O) groups is 1. The predicted octanol–water partition coefficient (Wildman–Crippen LogP) is 2.13. The fraction of sp³-hybridized carbons (Fsp3) is 0.500. The summed E-state index contributed by atoms with van der Waals surface area (Å²) in [6.45, 7) is 6.01. The Morgan fingerprint density at radius 3 is 2.50 bits per heavy atom. The molecule has 0 fully saturated rings. The van der Waals surface area contributed by atoms with Crippen molar-refractivity contribution in [2.75, 3.05) is 13.7 Å². The molecule has 7 nitrogen and oxygen atoms in total. The van der Waals surface area contributed by atoms with Gasteiger partial charge in [-0.05, 0) is 25.0 Å². The van der Waals surface area contributed by atoms with E-state index in [1.54, 1.807) is 0 Å². The summed E-state index contributed by atoms with van der Waals surface area (Å²) < 4.78 is 4.91. The highest BCUT2D eigenvalue weighted by Gasteiger charge is 2.29. The molecule has 0 aliphatic heterocycles. The Morgan fingerprint density at radius 2 is 2.09 bits per heavy atom. The maximum atomic E-state index is 12.3. The molecule has 1 aromatic carbocycles. The van der Waals surface area contributed by atoms with Gasteiger partial charge in [0.2, 0.25) is 0 Å². The highest BCUT2D eigenvalue weighted by Crippen LogP contribution is 2.27. The number of hydrogen-bond acceptors (Lipinski definition) is 5. The van der Waals surface area contributed by atoms with E-state index in [4.69, 9.17) is 10.5 Å². The normalized spacial score (nSPS) is 13.0. The van der Waals surface area contributed by atoms with Crippen LogP contribution in [-0.4, -0.2) is 30.0 Å². The second kappa shape index (κ2) is 7.95. The van der Waals surface area contributed by atoms with E-state index < -0.39 is 16.4 Å². The van der Waals surface area contributed by atoms with Gasteiger partial charge in [-0.1, -0.05) is 13.8 Å². The van der Waals surface area contributed by atoms with Gasteiger partial charge in [-0.25, -0.2) is 0 Å². The second-order valence-corrected chi connectivity index (χ2v) is 5.37. The third-order valence-corrected chi connectivity index (χ3v) is 3.74. The molecule has 1 unspecified atom stereocenters. The molecule has 22 heavy (non-hydrogen) atoms. The fourth-order valence-corrected chi connectivity index (χ4v) is 1.74. The Balaban J connectivity index is 0.00000441. The average Bonchev–Trinajstić information content (AvgIpc) is 2.45. The summed E-state index contributed by atoms with van der Waals surface area (Å²) in [6, 6.07) is 4.09. The number of hydrogen-bond donors (Lipinski definition) is 2. The predicted molar refractivity (Wildman–Crippen MR) is 86.7 cm³/mol. The number of nitro benzene ring substituents is 1. The van der Waals surface area contributed by atoms with E-state index in [1.165, 1.54) is 25.3 Å². The van der Waals surface area contributed by atoms with Gasteiger partial charge in [0.15, 0.2) is 5.75 Å². The van der Waals surface area contributed by atoms with Crippen LogP contribution in [0.2, 0.25) is 0 Å². The van der Waals surface area contributed by atoms with Crippen molar-refractivity contribution in [3.05, 3.63) is 33.9 Å². The largest absolute Gasteiger partial charge is 0.490 e. The first kappa shape index (κ1) is 20.1. The summed E-state index contributed by atoms with van der Waals surface area (Å²) in [4.78, 5) is 22.7. The van der Waals surface area contributed by atoms with E-state index in [0.717, 1.165) is 0 Å². The zero-order chi connectivity index (χ0) is 16.2. The molecule has 0 aliphatic carbocycles. The number of carbonyl (C=O) groups excluding carboxylic acids is 1. The smallest absolute Gasteiger partial charge is 0.311 e. The highest BCUT2D eigenvalue weighted by molar-refractivity contribution is 5.95. The lowest BCUT2D eigenvalue weighted by Gasteiger charge is -2.33. The molecule has 1 aromatic rings. The van der Waals surface area contributed by atoms with Crippen molar-refractivity contribution < 1.29 is 14.5 Å². The number of methoxy groups -OCH3 is 1. The number of amides is 1. The lowest BCUT2D eigenvalue weighted by atomic mass is 9.88. The van der Waals surface area contributed by atoms with Gasteiger partial charge < -0.3 is 15.8 Å². The molecule has 124 valence electrons. The maximum Gasteiger partial charge on any atom is 0.311 e. The zero-order valence-corrected chi connectivity index (χ0v) is 13.9. The summed E-state index contributed by atoms with van der Waals surface area (Å²) in [6.07, 6.45) is 0. The summed E-state index contributed by atoms with van der Waals surface area (Å²) in [5.41, 5.74) is 5.09. The Hall–Kier alpha value is -1.86. The van der Waals surface area contributed by atoms with Crippen LogP contribution in [0, 0.1) is 16.0 Å². The molecule has 0 aliphatic rings. The first-order chi connectivity index (χ1) is 9.75. The Morgan fingerprint density at radius 1 is 1.50 bits per heavy atom. The number of nitrogens with one attached hydrogen (secondary N) is 1. The number of nitrogens with two attached hydrogens (primary N) is 1. The topological polar surface area (TPSA) is 107 Å². The molecule has 1 amide bonds. The molecule has 0 spiro atoms. The zero-order valence-electron chi connectivity index (χ0n) is 13.1. The average molecular weight is 332 g/mol. The Bertz CT molecular complexity index is 551. The lowest BCUT2D eigenvalue weighted by molar-refractivity contribution is -0.385. The van der Waals surface area contributed by atoms with E-state index in [1.807, 2.05) is 20.8 Å². The summed E-state index contributed by atoms with van der Waals surface area (Å²) in [5.74, 6) is -0.163. The number of benzene rings is 1. The number of ether oxygens (including phenoxy) is 1. The first-order valence-electron chi connectivity index (χ1n) is 6.60. The molecule has 0 bridgehead atoms. The van der Waals surface area contributed by atoms with E-state index in [0.29, 0.717) is 0 Å². The quantitative estimate of drug-likeness (QED) is 0.613. The van der Waals surface area contributed by atoms with Crippen LogP contribution in [0.3, 0.4) is 0 Å². The molecular formula is C14H22ClN3O4. The van der Waals surface area contributed by atoms with Crippen LogP contribution in [-0.2, 0) is 0 Å².